The first-order valence-corrected chi connectivity index (χ1v) is 5.47. The van der Waals surface area contributed by atoms with Gasteiger partial charge in [0.15, 0.2) is 9.84 Å². The van der Waals surface area contributed by atoms with E-state index in [2.05, 4.69) is 0 Å². The third kappa shape index (κ3) is 1.93. The van der Waals surface area contributed by atoms with Crippen molar-refractivity contribution in [3.8, 4) is 6.07 Å². The van der Waals surface area contributed by atoms with Gasteiger partial charge in [0.1, 0.15) is 0 Å². The van der Waals surface area contributed by atoms with Crippen molar-refractivity contribution in [2.45, 2.75) is 30.9 Å². The molecule has 0 spiro atoms. The normalized spacial score (nSPS) is 18.8. The van der Waals surface area contributed by atoms with Gasteiger partial charge in [-0.3, -0.25) is 0 Å². The maximum Gasteiger partial charge on any atom is 0.154 e. The molecular weight excluding hydrogens is 162 g/mol. The molecule has 1 saturated carbocycles. The molecule has 0 saturated heterocycles. The van der Waals surface area contributed by atoms with Crippen molar-refractivity contribution in [2.24, 2.45) is 0 Å². The summed E-state index contributed by atoms with van der Waals surface area (Å²) in [6.07, 6.45) is 2.76. The van der Waals surface area contributed by atoms with Gasteiger partial charge < -0.3 is 0 Å². The molecule has 62 valence electrons. The van der Waals surface area contributed by atoms with E-state index in [0.717, 1.165) is 19.3 Å². The topological polar surface area (TPSA) is 57.9 Å². The molecule has 0 amide bonds. The summed E-state index contributed by atoms with van der Waals surface area (Å²) in [5.41, 5.74) is 0. The molecule has 0 heterocycles. The van der Waals surface area contributed by atoms with E-state index in [9.17, 15) is 8.42 Å². The third-order valence-electron chi connectivity index (χ3n) is 2.06. The fourth-order valence-corrected chi connectivity index (χ4v) is 2.85. The van der Waals surface area contributed by atoms with E-state index < -0.39 is 9.84 Å². The summed E-state index contributed by atoms with van der Waals surface area (Å²) in [5.74, 6) is 0.0498. The van der Waals surface area contributed by atoms with Crippen molar-refractivity contribution in [1.82, 2.24) is 0 Å². The molecule has 11 heavy (non-hydrogen) atoms. The van der Waals surface area contributed by atoms with E-state index in [1.807, 2.05) is 6.07 Å². The summed E-state index contributed by atoms with van der Waals surface area (Å²) < 4.78 is 22.4. The molecule has 0 aromatic rings. The molecule has 4 heteroatoms. The Kier molecular flexibility index (Phi) is 2.50. The predicted molar refractivity (Wildman–Crippen MR) is 41.7 cm³/mol. The Morgan fingerprint density at radius 3 is 2.45 bits per heavy atom. The largest absolute Gasteiger partial charge is 0.229 e. The summed E-state index contributed by atoms with van der Waals surface area (Å²) in [4.78, 5) is 0. The smallest absolute Gasteiger partial charge is 0.154 e. The van der Waals surface area contributed by atoms with Crippen LogP contribution in [0.4, 0.5) is 0 Å². The monoisotopic (exact) mass is 173 g/mol. The van der Waals surface area contributed by atoms with Crippen LogP contribution in [0.2, 0.25) is 0 Å². The first-order valence-electron chi connectivity index (χ1n) is 3.75. The van der Waals surface area contributed by atoms with Crippen molar-refractivity contribution in [1.29, 1.82) is 5.26 Å². The van der Waals surface area contributed by atoms with Gasteiger partial charge in [-0.1, -0.05) is 6.42 Å². The van der Waals surface area contributed by atoms with Gasteiger partial charge in [-0.2, -0.15) is 5.26 Å². The van der Waals surface area contributed by atoms with Crippen LogP contribution in [0.15, 0.2) is 0 Å². The van der Waals surface area contributed by atoms with E-state index in [1.165, 1.54) is 0 Å². The molecule has 0 unspecified atom stereocenters. The molecule has 1 rings (SSSR count). The van der Waals surface area contributed by atoms with Crippen molar-refractivity contribution < 1.29 is 8.42 Å². The van der Waals surface area contributed by atoms with Gasteiger partial charge >= 0.3 is 0 Å². The fourth-order valence-electron chi connectivity index (χ4n) is 1.08. The first kappa shape index (κ1) is 8.54. The highest BCUT2D eigenvalue weighted by atomic mass is 32.2. The van der Waals surface area contributed by atoms with Gasteiger partial charge in [0.05, 0.1) is 17.1 Å². The Balaban J connectivity index is 2.46. The average molecular weight is 173 g/mol. The molecule has 1 aliphatic rings. The minimum atomic E-state index is -2.91. The van der Waals surface area contributed by atoms with Crippen molar-refractivity contribution >= 4 is 9.84 Å². The zero-order valence-electron chi connectivity index (χ0n) is 6.28. The average Bonchev–Trinajstić information content (AvgIpc) is 1.78. The maximum absolute atomic E-state index is 11.2. The van der Waals surface area contributed by atoms with Crippen LogP contribution in [0.1, 0.15) is 25.7 Å². The highest BCUT2D eigenvalue weighted by Crippen LogP contribution is 2.26. The molecule has 0 atom stereocenters. The van der Waals surface area contributed by atoms with Crippen LogP contribution in [0, 0.1) is 11.3 Å². The number of sulfone groups is 1. The summed E-state index contributed by atoms with van der Waals surface area (Å²) in [6.45, 7) is 0. The van der Waals surface area contributed by atoms with E-state index in [4.69, 9.17) is 5.26 Å². The lowest BCUT2D eigenvalue weighted by atomic mass is 10.0. The van der Waals surface area contributed by atoms with Gasteiger partial charge in [0.25, 0.3) is 0 Å². The summed E-state index contributed by atoms with van der Waals surface area (Å²) in [6, 6.07) is 1.85. The molecule has 0 aromatic heterocycles. The summed E-state index contributed by atoms with van der Waals surface area (Å²) >= 11 is 0. The molecule has 1 aliphatic carbocycles. The number of nitrogens with zero attached hydrogens (tertiary/aromatic N) is 1. The van der Waals surface area contributed by atoms with Crippen molar-refractivity contribution in [3.05, 3.63) is 0 Å². The van der Waals surface area contributed by atoms with Crippen LogP contribution in [0.25, 0.3) is 0 Å². The van der Waals surface area contributed by atoms with Gasteiger partial charge in [0, 0.05) is 6.42 Å². The zero-order chi connectivity index (χ0) is 8.32. The molecule has 0 radical (unpaired) electrons. The van der Waals surface area contributed by atoms with Gasteiger partial charge in [0.2, 0.25) is 0 Å². The second kappa shape index (κ2) is 3.22. The Hall–Kier alpha value is -0.560. The Morgan fingerprint density at radius 2 is 2.09 bits per heavy atom. The lowest BCUT2D eigenvalue weighted by Crippen LogP contribution is -2.30. The van der Waals surface area contributed by atoms with E-state index in [-0.39, 0.29) is 17.4 Å². The number of hydrogen-bond donors (Lipinski definition) is 0. The molecular formula is C7H11NO2S. The number of rotatable bonds is 3. The lowest BCUT2D eigenvalue weighted by Gasteiger charge is -2.24. The van der Waals surface area contributed by atoms with E-state index in [1.54, 1.807) is 0 Å². The van der Waals surface area contributed by atoms with Crippen LogP contribution < -0.4 is 0 Å². The highest BCUT2D eigenvalue weighted by Gasteiger charge is 2.30. The van der Waals surface area contributed by atoms with E-state index in [0.29, 0.717) is 0 Å². The first-order chi connectivity index (χ1) is 5.17. The minimum Gasteiger partial charge on any atom is -0.229 e. The second-order valence-electron chi connectivity index (χ2n) is 2.83. The van der Waals surface area contributed by atoms with Gasteiger partial charge in [-0.15, -0.1) is 0 Å². The van der Waals surface area contributed by atoms with Crippen LogP contribution in [-0.2, 0) is 9.84 Å². The Bertz CT molecular complexity index is 259. The summed E-state index contributed by atoms with van der Waals surface area (Å²) in [7, 11) is -2.91. The van der Waals surface area contributed by atoms with Crippen LogP contribution in [0.5, 0.6) is 0 Å². The SMILES string of the molecule is N#CCCS(=O)(=O)C1CCC1. The second-order valence-corrected chi connectivity index (χ2v) is 5.23. The Labute approximate surface area is 66.9 Å². The molecule has 1 fully saturated rings. The zero-order valence-corrected chi connectivity index (χ0v) is 7.10. The fraction of sp³-hybridized carbons (Fsp3) is 0.857. The lowest BCUT2D eigenvalue weighted by molar-refractivity contribution is 0.477. The van der Waals surface area contributed by atoms with Gasteiger partial charge in [-0.05, 0) is 12.8 Å². The summed E-state index contributed by atoms with van der Waals surface area (Å²) in [5, 5.41) is 8.06. The Morgan fingerprint density at radius 1 is 1.45 bits per heavy atom. The maximum atomic E-state index is 11.2. The van der Waals surface area contributed by atoms with E-state index >= 15 is 0 Å². The third-order valence-corrected chi connectivity index (χ3v) is 4.32. The van der Waals surface area contributed by atoms with Crippen LogP contribution >= 0.6 is 0 Å². The standard InChI is InChI=1S/C7H11NO2S/c8-5-2-6-11(9,10)7-3-1-4-7/h7H,1-4,6H2. The number of hydrogen-bond acceptors (Lipinski definition) is 3. The molecule has 0 bridgehead atoms. The quantitative estimate of drug-likeness (QED) is 0.636. The highest BCUT2D eigenvalue weighted by molar-refractivity contribution is 7.92. The minimum absolute atomic E-state index is 0.0498. The van der Waals surface area contributed by atoms with Crippen LogP contribution in [0.3, 0.4) is 0 Å². The van der Waals surface area contributed by atoms with Crippen LogP contribution in [-0.4, -0.2) is 19.4 Å². The molecule has 0 N–H and O–H groups in total. The number of nitriles is 1. The van der Waals surface area contributed by atoms with Crippen molar-refractivity contribution in [3.63, 3.8) is 0 Å². The van der Waals surface area contributed by atoms with Gasteiger partial charge in [-0.25, -0.2) is 8.42 Å². The predicted octanol–water partition coefficient (Wildman–Crippen LogP) is 0.867. The molecule has 0 aromatic carbocycles. The van der Waals surface area contributed by atoms with Crippen molar-refractivity contribution in [2.75, 3.05) is 5.75 Å². The molecule has 0 aliphatic heterocycles. The molecule has 3 nitrogen and oxygen atoms in total.